The van der Waals surface area contributed by atoms with E-state index in [9.17, 15) is 9.90 Å². The van der Waals surface area contributed by atoms with E-state index < -0.39 is 54.6 Å². The summed E-state index contributed by atoms with van der Waals surface area (Å²) in [5.74, 6) is -0.594. The van der Waals surface area contributed by atoms with E-state index in [1.807, 2.05) is 0 Å². The summed E-state index contributed by atoms with van der Waals surface area (Å²) in [6.07, 6.45) is -4.88. The monoisotopic (exact) mass is 419 g/mol. The van der Waals surface area contributed by atoms with Crippen molar-refractivity contribution in [2.75, 3.05) is 11.1 Å². The second kappa shape index (κ2) is 10.2. The van der Waals surface area contributed by atoms with Crippen molar-refractivity contribution >= 4 is 28.1 Å². The number of nitrogens with one attached hydrogen (secondary N) is 1. The number of benzene rings is 2. The fraction of sp³-hybridized carbons (Fsp3) is 0.304. The summed E-state index contributed by atoms with van der Waals surface area (Å²) < 4.78 is 81.7. The quantitative estimate of drug-likeness (QED) is 0.471. The Bertz CT molecular complexity index is 1370. The van der Waals surface area contributed by atoms with Crippen LogP contribution in [-0.2, 0) is 17.6 Å². The van der Waals surface area contributed by atoms with Crippen molar-refractivity contribution in [1.82, 2.24) is 4.98 Å². The SMILES string of the molecule is [2H]c1c([2H])c(C)c([2H])c([C@@H](O)C([2H])([2H])CCCc2c([2H])c([2H])c(NC(=O)Cc3csc(N)n3)c([2H])c2[2H])c1[2H]. The van der Waals surface area contributed by atoms with E-state index in [1.165, 1.54) is 6.92 Å². The summed E-state index contributed by atoms with van der Waals surface area (Å²) in [6.45, 7) is 1.39. The van der Waals surface area contributed by atoms with Gasteiger partial charge in [-0.2, -0.15) is 0 Å². The summed E-state index contributed by atoms with van der Waals surface area (Å²) >= 11 is 1.15. The van der Waals surface area contributed by atoms with E-state index in [-0.39, 0.29) is 65.3 Å². The molecule has 0 fully saturated rings. The Morgan fingerprint density at radius 1 is 1.31 bits per heavy atom. The number of aliphatic hydroxyl groups excluding tert-OH is 1. The van der Waals surface area contributed by atoms with Crippen LogP contribution in [0.2, 0.25) is 0 Å². The van der Waals surface area contributed by atoms with Crippen LogP contribution in [0.4, 0.5) is 10.8 Å². The van der Waals surface area contributed by atoms with E-state index in [1.54, 1.807) is 5.38 Å². The zero-order chi connectivity index (χ0) is 29.4. The molecule has 0 bridgehead atoms. The van der Waals surface area contributed by atoms with Crippen LogP contribution in [-0.4, -0.2) is 16.0 Å². The predicted octanol–water partition coefficient (Wildman–Crippen LogP) is 4.66. The van der Waals surface area contributed by atoms with Gasteiger partial charge in [0.25, 0.3) is 0 Å². The number of aliphatic hydroxyl groups is 1. The lowest BCUT2D eigenvalue weighted by molar-refractivity contribution is -0.115. The zero-order valence-electron chi connectivity index (χ0n) is 25.8. The number of carbonyl (C=O) groups excluding carboxylic acids is 1. The standard InChI is InChI=1S/C23H27N3O2S/c1-16-5-4-7-18(13-16)21(27)8-3-2-6-17-9-11-19(12-10-17)25-22(28)14-20-15-29-23(24)26-20/h4-5,7,9-13,15,21,27H,2-3,6,8,14H2,1H3,(H2,24,26)(H,25,28)/t21-/m0/s1/i4D,5D,7D,8D2,9D,10D,11D,12D,13D. The summed E-state index contributed by atoms with van der Waals surface area (Å²) in [4.78, 5) is 16.4. The molecule has 29 heavy (non-hydrogen) atoms. The number of anilines is 2. The van der Waals surface area contributed by atoms with Crippen LogP contribution < -0.4 is 11.1 Å². The van der Waals surface area contributed by atoms with Gasteiger partial charge in [-0.05, 0) is 49.4 Å². The van der Waals surface area contributed by atoms with Crippen LogP contribution in [0.5, 0.6) is 0 Å². The summed E-state index contributed by atoms with van der Waals surface area (Å²) in [7, 11) is 0. The Hall–Kier alpha value is -2.70. The molecule has 0 saturated carbocycles. The molecule has 0 radical (unpaired) electrons. The Balaban J connectivity index is 1.77. The molecule has 0 unspecified atom stereocenters. The smallest absolute Gasteiger partial charge is 0.230 e. The number of hydrogen-bond donors (Lipinski definition) is 3. The molecule has 152 valence electrons. The van der Waals surface area contributed by atoms with Crippen LogP contribution in [0, 0.1) is 6.92 Å². The maximum absolute atomic E-state index is 12.4. The average Bonchev–Trinajstić information content (AvgIpc) is 3.29. The van der Waals surface area contributed by atoms with Gasteiger partial charge in [-0.3, -0.25) is 4.79 Å². The molecule has 0 aliphatic rings. The maximum atomic E-state index is 12.4. The molecular formula is C23H27N3O2S. The van der Waals surface area contributed by atoms with Gasteiger partial charge >= 0.3 is 0 Å². The van der Waals surface area contributed by atoms with Crippen LogP contribution in [0.1, 0.15) is 61.4 Å². The van der Waals surface area contributed by atoms with Gasteiger partial charge in [0.05, 0.1) is 29.2 Å². The minimum Gasteiger partial charge on any atom is -0.388 e. The molecule has 1 heterocycles. The van der Waals surface area contributed by atoms with Crippen LogP contribution >= 0.6 is 11.3 Å². The Morgan fingerprint density at radius 2 is 2.10 bits per heavy atom. The van der Waals surface area contributed by atoms with E-state index >= 15 is 0 Å². The first kappa shape index (κ1) is 11.5. The van der Waals surface area contributed by atoms with Crippen molar-refractivity contribution in [3.8, 4) is 0 Å². The topological polar surface area (TPSA) is 88.2 Å². The fourth-order valence-corrected chi connectivity index (χ4v) is 3.04. The van der Waals surface area contributed by atoms with Gasteiger partial charge in [0, 0.05) is 13.8 Å². The second-order valence-corrected chi connectivity index (χ2v) is 7.14. The third kappa shape index (κ3) is 6.69. The number of nitrogens with zero attached hydrogens (tertiary/aromatic N) is 1. The molecule has 2 aromatic carbocycles. The van der Waals surface area contributed by atoms with Gasteiger partial charge in [0.15, 0.2) is 5.13 Å². The number of amides is 1. The highest BCUT2D eigenvalue weighted by Crippen LogP contribution is 2.21. The molecule has 4 N–H and O–H groups in total. The number of aromatic nitrogens is 1. The van der Waals surface area contributed by atoms with Gasteiger partial charge in [-0.1, -0.05) is 48.2 Å². The summed E-state index contributed by atoms with van der Waals surface area (Å²) in [5, 5.41) is 15.0. The van der Waals surface area contributed by atoms with E-state index in [2.05, 4.69) is 10.3 Å². The first-order valence-electron chi connectivity index (χ1n) is 13.9. The van der Waals surface area contributed by atoms with Gasteiger partial charge in [-0.25, -0.2) is 4.98 Å². The van der Waals surface area contributed by atoms with Crippen LogP contribution in [0.15, 0.2) is 53.7 Å². The summed E-state index contributed by atoms with van der Waals surface area (Å²) in [5.41, 5.74) is 5.33. The average molecular weight is 420 g/mol. The largest absolute Gasteiger partial charge is 0.388 e. The van der Waals surface area contributed by atoms with Crippen LogP contribution in [0.3, 0.4) is 0 Å². The number of nitrogens with two attached hydrogens (primary N) is 1. The third-order valence-electron chi connectivity index (χ3n) is 3.84. The highest BCUT2D eigenvalue weighted by molar-refractivity contribution is 7.13. The Labute approximate surface area is 189 Å². The molecule has 0 saturated heterocycles. The lowest BCUT2D eigenvalue weighted by Crippen LogP contribution is -2.14. The number of rotatable bonds is 9. The third-order valence-corrected chi connectivity index (χ3v) is 4.56. The van der Waals surface area contributed by atoms with Crippen molar-refractivity contribution in [3.63, 3.8) is 0 Å². The molecule has 1 aromatic heterocycles. The first-order chi connectivity index (χ1) is 18.1. The minimum absolute atomic E-state index is 0.00535. The van der Waals surface area contributed by atoms with Gasteiger partial charge < -0.3 is 16.2 Å². The molecule has 3 aromatic rings. The molecule has 0 aliphatic carbocycles. The summed E-state index contributed by atoms with van der Waals surface area (Å²) in [6, 6.07) is -3.55. The Kier molecular flexibility index (Phi) is 4.03. The van der Waals surface area contributed by atoms with Crippen LogP contribution in [0.25, 0.3) is 0 Å². The fourth-order valence-electron chi connectivity index (χ4n) is 2.48. The van der Waals surface area contributed by atoms with E-state index in [0.29, 0.717) is 5.69 Å². The molecule has 0 spiro atoms. The minimum atomic E-state index is -2.36. The highest BCUT2D eigenvalue weighted by atomic mass is 32.1. The molecule has 1 atom stereocenters. The van der Waals surface area contributed by atoms with Gasteiger partial charge in [0.2, 0.25) is 5.91 Å². The predicted molar refractivity (Wildman–Crippen MR) is 119 cm³/mol. The van der Waals surface area contributed by atoms with Gasteiger partial charge in [0.1, 0.15) is 0 Å². The number of carbonyl (C=O) groups is 1. The normalized spacial score (nSPS) is 17.3. The molecule has 1 amide bonds. The highest BCUT2D eigenvalue weighted by Gasteiger charge is 2.08. The van der Waals surface area contributed by atoms with Crippen molar-refractivity contribution in [3.05, 3.63) is 76.1 Å². The lowest BCUT2D eigenvalue weighted by atomic mass is 10.00. The zero-order valence-corrected chi connectivity index (χ0v) is 16.6. The molecule has 6 heteroatoms. The van der Waals surface area contributed by atoms with Crippen molar-refractivity contribution in [2.24, 2.45) is 0 Å². The second-order valence-electron chi connectivity index (χ2n) is 6.25. The van der Waals surface area contributed by atoms with E-state index in [4.69, 9.17) is 19.4 Å². The molecule has 5 nitrogen and oxygen atoms in total. The lowest BCUT2D eigenvalue weighted by Gasteiger charge is -2.11. The number of nitrogen functional groups attached to an aromatic ring is 1. The number of thiazole rings is 1. The first-order valence-corrected chi connectivity index (χ1v) is 9.80. The maximum Gasteiger partial charge on any atom is 0.230 e. The number of hydrogen-bond acceptors (Lipinski definition) is 5. The van der Waals surface area contributed by atoms with Crippen molar-refractivity contribution < 1.29 is 23.6 Å². The Morgan fingerprint density at radius 3 is 2.83 bits per heavy atom. The molecular weight excluding hydrogens is 382 g/mol. The van der Waals surface area contributed by atoms with E-state index in [0.717, 1.165) is 11.3 Å². The molecule has 0 aliphatic heterocycles. The molecule has 3 rings (SSSR count). The van der Waals surface area contributed by atoms with Crippen molar-refractivity contribution in [2.45, 2.75) is 45.1 Å². The van der Waals surface area contributed by atoms with Gasteiger partial charge in [-0.15, -0.1) is 11.3 Å². The van der Waals surface area contributed by atoms with Crippen molar-refractivity contribution in [1.29, 1.82) is 0 Å².